The minimum atomic E-state index is -0.810. The average molecular weight is 346 g/mol. The Morgan fingerprint density at radius 1 is 1.16 bits per heavy atom. The molecular weight excluding hydrogens is 324 g/mol. The number of anilines is 1. The van der Waals surface area contributed by atoms with Crippen LogP contribution in [0.5, 0.6) is 0 Å². The van der Waals surface area contributed by atoms with Crippen LogP contribution in [0.2, 0.25) is 0 Å². The minimum Gasteiger partial charge on any atom is -0.481 e. The highest BCUT2D eigenvalue weighted by atomic mass is 16.5. The van der Waals surface area contributed by atoms with Crippen LogP contribution in [0.1, 0.15) is 42.5 Å². The molecule has 1 aromatic carbocycles. The SMILES string of the molecule is O=C(N[C@@H]1CC[C@H](C(=O)O)C1)c1cccc(NC(=O)C2CCCO2)c1. The smallest absolute Gasteiger partial charge is 0.306 e. The van der Waals surface area contributed by atoms with E-state index >= 15 is 0 Å². The molecule has 25 heavy (non-hydrogen) atoms. The Morgan fingerprint density at radius 2 is 2.00 bits per heavy atom. The molecule has 7 heteroatoms. The summed E-state index contributed by atoms with van der Waals surface area (Å²) in [5.74, 6) is -1.66. The third-order valence-electron chi connectivity index (χ3n) is 4.73. The molecule has 0 radical (unpaired) electrons. The van der Waals surface area contributed by atoms with Crippen molar-refractivity contribution in [1.29, 1.82) is 0 Å². The molecule has 1 aliphatic carbocycles. The highest BCUT2D eigenvalue weighted by Crippen LogP contribution is 2.26. The molecule has 1 unspecified atom stereocenters. The van der Waals surface area contributed by atoms with Crippen LogP contribution in [0.15, 0.2) is 24.3 Å². The fourth-order valence-corrected chi connectivity index (χ4v) is 3.35. The van der Waals surface area contributed by atoms with Gasteiger partial charge in [0.05, 0.1) is 5.92 Å². The molecule has 2 amide bonds. The lowest BCUT2D eigenvalue weighted by Crippen LogP contribution is -2.33. The molecule has 3 atom stereocenters. The number of rotatable bonds is 5. The van der Waals surface area contributed by atoms with Crippen molar-refractivity contribution < 1.29 is 24.2 Å². The first-order chi connectivity index (χ1) is 12.0. The van der Waals surface area contributed by atoms with Gasteiger partial charge in [-0.25, -0.2) is 0 Å². The van der Waals surface area contributed by atoms with Gasteiger partial charge in [0.1, 0.15) is 6.10 Å². The fourth-order valence-electron chi connectivity index (χ4n) is 3.35. The monoisotopic (exact) mass is 346 g/mol. The van der Waals surface area contributed by atoms with Crippen LogP contribution in [-0.2, 0) is 14.3 Å². The molecule has 1 aromatic rings. The minimum absolute atomic E-state index is 0.126. The Hall–Kier alpha value is -2.41. The summed E-state index contributed by atoms with van der Waals surface area (Å²) in [6, 6.07) is 6.58. The number of carboxylic acid groups (broad SMARTS) is 1. The Balaban J connectivity index is 1.58. The van der Waals surface area contributed by atoms with E-state index in [1.807, 2.05) is 0 Å². The molecule has 1 saturated heterocycles. The van der Waals surface area contributed by atoms with Crippen molar-refractivity contribution in [1.82, 2.24) is 5.32 Å². The average Bonchev–Trinajstić information content (AvgIpc) is 3.27. The summed E-state index contributed by atoms with van der Waals surface area (Å²) in [7, 11) is 0. The first-order valence-electron chi connectivity index (χ1n) is 8.59. The van der Waals surface area contributed by atoms with Crippen molar-refractivity contribution in [2.24, 2.45) is 5.92 Å². The molecule has 1 saturated carbocycles. The Bertz CT molecular complexity index is 669. The number of ether oxygens (including phenoxy) is 1. The second kappa shape index (κ2) is 7.65. The zero-order valence-corrected chi connectivity index (χ0v) is 13.9. The third-order valence-corrected chi connectivity index (χ3v) is 4.73. The van der Waals surface area contributed by atoms with Crippen LogP contribution < -0.4 is 10.6 Å². The molecule has 1 heterocycles. The first-order valence-corrected chi connectivity index (χ1v) is 8.59. The Morgan fingerprint density at radius 3 is 2.68 bits per heavy atom. The molecule has 0 aromatic heterocycles. The van der Waals surface area contributed by atoms with Crippen molar-refractivity contribution in [3.63, 3.8) is 0 Å². The van der Waals surface area contributed by atoms with Crippen LogP contribution in [0.25, 0.3) is 0 Å². The topological polar surface area (TPSA) is 105 Å². The summed E-state index contributed by atoms with van der Waals surface area (Å²) < 4.78 is 5.34. The van der Waals surface area contributed by atoms with E-state index in [9.17, 15) is 14.4 Å². The molecular formula is C18H22N2O5. The van der Waals surface area contributed by atoms with Gasteiger partial charge in [0, 0.05) is 23.9 Å². The number of hydrogen-bond donors (Lipinski definition) is 3. The number of carboxylic acids is 1. The molecule has 3 N–H and O–H groups in total. The van der Waals surface area contributed by atoms with E-state index in [2.05, 4.69) is 10.6 Å². The second-order valence-corrected chi connectivity index (χ2v) is 6.59. The van der Waals surface area contributed by atoms with Gasteiger partial charge in [-0.1, -0.05) is 6.07 Å². The van der Waals surface area contributed by atoms with Crippen molar-refractivity contribution in [2.45, 2.75) is 44.2 Å². The molecule has 1 aliphatic heterocycles. The van der Waals surface area contributed by atoms with Crippen molar-refractivity contribution >= 4 is 23.5 Å². The lowest BCUT2D eigenvalue weighted by atomic mass is 10.1. The van der Waals surface area contributed by atoms with Gasteiger partial charge in [0.15, 0.2) is 0 Å². The van der Waals surface area contributed by atoms with Gasteiger partial charge >= 0.3 is 5.97 Å². The Kier molecular flexibility index (Phi) is 5.33. The maximum Gasteiger partial charge on any atom is 0.306 e. The summed E-state index contributed by atoms with van der Waals surface area (Å²) in [6.45, 7) is 0.596. The summed E-state index contributed by atoms with van der Waals surface area (Å²) in [4.78, 5) is 35.5. The van der Waals surface area contributed by atoms with Gasteiger partial charge in [-0.2, -0.15) is 0 Å². The highest BCUT2D eigenvalue weighted by molar-refractivity contribution is 5.98. The van der Waals surface area contributed by atoms with Crippen LogP contribution in [0.4, 0.5) is 5.69 Å². The van der Waals surface area contributed by atoms with Gasteiger partial charge < -0.3 is 20.5 Å². The normalized spacial score (nSPS) is 25.5. The number of benzene rings is 1. The summed E-state index contributed by atoms with van der Waals surface area (Å²) in [5, 5.41) is 14.7. The molecule has 2 aliphatic rings. The largest absolute Gasteiger partial charge is 0.481 e. The maximum absolute atomic E-state index is 12.4. The lowest BCUT2D eigenvalue weighted by Gasteiger charge is -2.14. The van der Waals surface area contributed by atoms with Gasteiger partial charge in [-0.05, 0) is 50.3 Å². The van der Waals surface area contributed by atoms with Crippen molar-refractivity contribution in [3.05, 3.63) is 29.8 Å². The number of carbonyl (C=O) groups excluding carboxylic acids is 2. The fraction of sp³-hybridized carbons (Fsp3) is 0.500. The molecule has 0 spiro atoms. The standard InChI is InChI=1S/C18H22N2O5/c21-16(19-14-7-6-12(10-14)18(23)24)11-3-1-4-13(9-11)20-17(22)15-5-2-8-25-15/h1,3-4,9,12,14-15H,2,5-8,10H2,(H,19,21)(H,20,22)(H,23,24)/t12-,14+,15?/m0/s1. The number of aliphatic carboxylic acids is 1. The van der Waals surface area contributed by atoms with Crippen LogP contribution >= 0.6 is 0 Å². The zero-order valence-electron chi connectivity index (χ0n) is 13.9. The predicted molar refractivity (Wildman–Crippen MR) is 90.3 cm³/mol. The summed E-state index contributed by atoms with van der Waals surface area (Å²) >= 11 is 0. The third kappa shape index (κ3) is 4.36. The van der Waals surface area contributed by atoms with E-state index in [0.29, 0.717) is 43.5 Å². The van der Waals surface area contributed by atoms with Gasteiger partial charge in [0.2, 0.25) is 0 Å². The van der Waals surface area contributed by atoms with Gasteiger partial charge in [0.25, 0.3) is 11.8 Å². The van der Waals surface area contributed by atoms with E-state index in [1.165, 1.54) is 0 Å². The summed E-state index contributed by atoms with van der Waals surface area (Å²) in [5.41, 5.74) is 0.979. The maximum atomic E-state index is 12.4. The number of amides is 2. The van der Waals surface area contributed by atoms with Crippen LogP contribution in [-0.4, -0.2) is 41.6 Å². The van der Waals surface area contributed by atoms with E-state index in [-0.39, 0.29) is 23.8 Å². The quantitative estimate of drug-likeness (QED) is 0.754. The van der Waals surface area contributed by atoms with Gasteiger partial charge in [-0.15, -0.1) is 0 Å². The van der Waals surface area contributed by atoms with Crippen molar-refractivity contribution in [2.75, 3.05) is 11.9 Å². The lowest BCUT2D eigenvalue weighted by molar-refractivity contribution is -0.141. The molecule has 134 valence electrons. The molecule has 3 rings (SSSR count). The number of nitrogens with one attached hydrogen (secondary N) is 2. The van der Waals surface area contributed by atoms with Crippen molar-refractivity contribution in [3.8, 4) is 0 Å². The second-order valence-electron chi connectivity index (χ2n) is 6.59. The molecule has 2 fully saturated rings. The van der Waals surface area contributed by atoms with Crippen LogP contribution in [0, 0.1) is 5.92 Å². The molecule has 7 nitrogen and oxygen atoms in total. The first kappa shape index (κ1) is 17.4. The van der Waals surface area contributed by atoms with E-state index in [1.54, 1.807) is 24.3 Å². The number of hydrogen-bond acceptors (Lipinski definition) is 4. The zero-order chi connectivity index (χ0) is 17.8. The summed E-state index contributed by atoms with van der Waals surface area (Å²) in [6.07, 6.45) is 2.85. The highest BCUT2D eigenvalue weighted by Gasteiger charge is 2.30. The van der Waals surface area contributed by atoms with E-state index in [4.69, 9.17) is 9.84 Å². The van der Waals surface area contributed by atoms with Crippen LogP contribution in [0.3, 0.4) is 0 Å². The molecule has 0 bridgehead atoms. The number of carbonyl (C=O) groups is 3. The predicted octanol–water partition coefficient (Wildman–Crippen LogP) is 1.79. The van der Waals surface area contributed by atoms with E-state index in [0.717, 1.165) is 6.42 Å². The Labute approximate surface area is 145 Å². The van der Waals surface area contributed by atoms with Gasteiger partial charge in [-0.3, -0.25) is 14.4 Å². The van der Waals surface area contributed by atoms with E-state index < -0.39 is 12.1 Å².